The third kappa shape index (κ3) is 3.80. The van der Waals surface area contributed by atoms with Crippen LogP contribution in [0.25, 0.3) is 0 Å². The Bertz CT molecular complexity index is 742. The second-order valence-corrected chi connectivity index (χ2v) is 5.53. The second-order valence-electron chi connectivity index (χ2n) is 5.53. The van der Waals surface area contributed by atoms with Crippen LogP contribution < -0.4 is 10.6 Å². The molecule has 0 saturated heterocycles. The number of hydrogen-bond acceptors (Lipinski definition) is 6. The van der Waals surface area contributed by atoms with E-state index in [2.05, 4.69) is 10.6 Å². The molecule has 0 spiro atoms. The Labute approximate surface area is 145 Å². The van der Waals surface area contributed by atoms with Gasteiger partial charge in [0.25, 0.3) is 11.8 Å². The van der Waals surface area contributed by atoms with Gasteiger partial charge in [0, 0.05) is 24.8 Å². The summed E-state index contributed by atoms with van der Waals surface area (Å²) in [6.07, 6.45) is 0. The molecule has 2 rings (SSSR count). The number of aliphatic hydroxyl groups is 1. The van der Waals surface area contributed by atoms with E-state index in [9.17, 15) is 14.4 Å². The number of methoxy groups -OCH3 is 1. The Kier molecular flexibility index (Phi) is 5.76. The highest BCUT2D eigenvalue weighted by Crippen LogP contribution is 2.25. The first kappa shape index (κ1) is 18.5. The third-order valence-corrected chi connectivity index (χ3v) is 3.93. The first-order valence-electron chi connectivity index (χ1n) is 7.74. The number of hydrogen-bond donors (Lipinski definition) is 3. The Morgan fingerprint density at radius 3 is 2.64 bits per heavy atom. The van der Waals surface area contributed by atoms with Crippen LogP contribution in [0.4, 0.5) is 5.69 Å². The minimum atomic E-state index is -0.601. The molecule has 1 aromatic rings. The van der Waals surface area contributed by atoms with Gasteiger partial charge < -0.3 is 25.4 Å². The van der Waals surface area contributed by atoms with Crippen molar-refractivity contribution in [2.24, 2.45) is 0 Å². The number of nitrogens with one attached hydrogen (secondary N) is 2. The van der Waals surface area contributed by atoms with Crippen molar-refractivity contribution in [1.29, 1.82) is 0 Å². The molecule has 0 atom stereocenters. The first-order valence-corrected chi connectivity index (χ1v) is 7.74. The van der Waals surface area contributed by atoms with Crippen molar-refractivity contribution in [2.75, 3.05) is 39.2 Å². The second kappa shape index (κ2) is 7.80. The highest BCUT2D eigenvalue weighted by Gasteiger charge is 2.34. The van der Waals surface area contributed by atoms with Crippen molar-refractivity contribution in [3.8, 4) is 0 Å². The Balaban J connectivity index is 2.33. The topological polar surface area (TPSA) is 108 Å². The molecule has 8 heteroatoms. The molecule has 0 fully saturated rings. The van der Waals surface area contributed by atoms with Crippen LogP contribution in [-0.2, 0) is 14.3 Å². The van der Waals surface area contributed by atoms with Crippen molar-refractivity contribution < 1.29 is 24.2 Å². The summed E-state index contributed by atoms with van der Waals surface area (Å²) >= 11 is 0. The SMILES string of the molecule is CNC(=O)c1ccc(NC2=C(C(=O)OC)CN(CCO)C2=O)c(C)c1. The lowest BCUT2D eigenvalue weighted by molar-refractivity contribution is -0.136. The van der Waals surface area contributed by atoms with Gasteiger partial charge in [-0.1, -0.05) is 0 Å². The lowest BCUT2D eigenvalue weighted by Gasteiger charge is -2.15. The van der Waals surface area contributed by atoms with Gasteiger partial charge in [-0.15, -0.1) is 0 Å². The fourth-order valence-electron chi connectivity index (χ4n) is 2.57. The summed E-state index contributed by atoms with van der Waals surface area (Å²) in [5.41, 5.74) is 2.16. The highest BCUT2D eigenvalue weighted by atomic mass is 16.5. The average molecular weight is 347 g/mol. The molecule has 0 aliphatic carbocycles. The summed E-state index contributed by atoms with van der Waals surface area (Å²) in [5.74, 6) is -1.20. The quantitative estimate of drug-likeness (QED) is 0.627. The Hall–Kier alpha value is -2.87. The molecule has 2 amide bonds. The maximum absolute atomic E-state index is 12.5. The van der Waals surface area contributed by atoms with Crippen molar-refractivity contribution in [1.82, 2.24) is 10.2 Å². The van der Waals surface area contributed by atoms with Crippen molar-refractivity contribution in [2.45, 2.75) is 6.92 Å². The molecular weight excluding hydrogens is 326 g/mol. The van der Waals surface area contributed by atoms with Gasteiger partial charge in [0.1, 0.15) is 5.70 Å². The maximum Gasteiger partial charge on any atom is 0.337 e. The number of anilines is 1. The van der Waals surface area contributed by atoms with Crippen LogP contribution in [0.2, 0.25) is 0 Å². The Morgan fingerprint density at radius 1 is 1.36 bits per heavy atom. The number of aryl methyl sites for hydroxylation is 1. The molecule has 0 saturated carbocycles. The van der Waals surface area contributed by atoms with Gasteiger partial charge >= 0.3 is 5.97 Å². The molecular formula is C17H21N3O5. The number of rotatable bonds is 6. The molecule has 8 nitrogen and oxygen atoms in total. The summed E-state index contributed by atoms with van der Waals surface area (Å²) in [5, 5.41) is 14.6. The van der Waals surface area contributed by atoms with E-state index in [-0.39, 0.29) is 42.8 Å². The number of aliphatic hydroxyl groups excluding tert-OH is 1. The summed E-state index contributed by atoms with van der Waals surface area (Å²) in [6, 6.07) is 4.98. The van der Waals surface area contributed by atoms with Gasteiger partial charge in [0.05, 0.1) is 25.8 Å². The van der Waals surface area contributed by atoms with E-state index in [0.717, 1.165) is 5.56 Å². The fraction of sp³-hybridized carbons (Fsp3) is 0.353. The van der Waals surface area contributed by atoms with Gasteiger partial charge in [-0.2, -0.15) is 0 Å². The maximum atomic E-state index is 12.5. The Morgan fingerprint density at radius 2 is 2.08 bits per heavy atom. The fourth-order valence-corrected chi connectivity index (χ4v) is 2.57. The number of ether oxygens (including phenoxy) is 1. The summed E-state index contributed by atoms with van der Waals surface area (Å²) in [7, 11) is 2.79. The molecule has 134 valence electrons. The van der Waals surface area contributed by atoms with E-state index in [1.807, 2.05) is 0 Å². The highest BCUT2D eigenvalue weighted by molar-refractivity contribution is 6.08. The third-order valence-electron chi connectivity index (χ3n) is 3.93. The smallest absolute Gasteiger partial charge is 0.337 e. The molecule has 0 radical (unpaired) electrons. The average Bonchev–Trinajstić information content (AvgIpc) is 2.92. The lowest BCUT2D eigenvalue weighted by Crippen LogP contribution is -2.31. The van der Waals surface area contributed by atoms with Crippen molar-refractivity contribution in [3.05, 3.63) is 40.6 Å². The van der Waals surface area contributed by atoms with Gasteiger partial charge in [-0.3, -0.25) is 9.59 Å². The molecule has 25 heavy (non-hydrogen) atoms. The zero-order chi connectivity index (χ0) is 18.6. The predicted octanol–water partition coefficient (Wildman–Crippen LogP) is 0.0281. The molecule has 0 bridgehead atoms. The van der Waals surface area contributed by atoms with Crippen LogP contribution in [0, 0.1) is 6.92 Å². The molecule has 1 aliphatic rings. The van der Waals surface area contributed by atoms with Gasteiger partial charge in [-0.25, -0.2) is 4.79 Å². The van der Waals surface area contributed by atoms with E-state index in [1.54, 1.807) is 32.2 Å². The van der Waals surface area contributed by atoms with E-state index < -0.39 is 5.97 Å². The number of carbonyl (C=O) groups excluding carboxylic acids is 3. The number of β-amino-alcohol motifs (C(OH)–C–C–N with tert-alkyl or cyclic N) is 1. The van der Waals surface area contributed by atoms with E-state index in [1.165, 1.54) is 12.0 Å². The van der Waals surface area contributed by atoms with E-state index in [0.29, 0.717) is 11.3 Å². The van der Waals surface area contributed by atoms with Crippen molar-refractivity contribution in [3.63, 3.8) is 0 Å². The zero-order valence-corrected chi connectivity index (χ0v) is 14.4. The molecule has 3 N–H and O–H groups in total. The van der Waals surface area contributed by atoms with E-state index >= 15 is 0 Å². The minimum absolute atomic E-state index is 0.0732. The number of amides is 2. The van der Waals surface area contributed by atoms with Crippen LogP contribution in [0.5, 0.6) is 0 Å². The van der Waals surface area contributed by atoms with Crippen molar-refractivity contribution >= 4 is 23.5 Å². The normalized spacial score (nSPS) is 13.9. The monoisotopic (exact) mass is 347 g/mol. The number of carbonyl (C=O) groups is 3. The summed E-state index contributed by atoms with van der Waals surface area (Å²) < 4.78 is 4.74. The predicted molar refractivity (Wildman–Crippen MR) is 90.9 cm³/mol. The number of nitrogens with zero attached hydrogens (tertiary/aromatic N) is 1. The largest absolute Gasteiger partial charge is 0.466 e. The van der Waals surface area contributed by atoms with Gasteiger partial charge in [0.15, 0.2) is 0 Å². The molecule has 1 heterocycles. The van der Waals surface area contributed by atoms with Crippen LogP contribution >= 0.6 is 0 Å². The molecule has 1 aromatic carbocycles. The lowest BCUT2D eigenvalue weighted by atomic mass is 10.1. The van der Waals surface area contributed by atoms with Crippen LogP contribution in [0.1, 0.15) is 15.9 Å². The standard InChI is InChI=1S/C17H21N3O5/c1-10-8-11(15(22)18-2)4-5-13(10)19-14-12(17(24)25-3)9-20(6-7-21)16(14)23/h4-5,8,19,21H,6-7,9H2,1-3H3,(H,18,22). The summed E-state index contributed by atoms with van der Waals surface area (Å²) in [6.45, 7) is 1.79. The number of esters is 1. The molecule has 1 aliphatic heterocycles. The zero-order valence-electron chi connectivity index (χ0n) is 14.4. The van der Waals surface area contributed by atoms with Crippen LogP contribution in [-0.4, -0.2) is 61.6 Å². The van der Waals surface area contributed by atoms with Gasteiger partial charge in [0.2, 0.25) is 0 Å². The van der Waals surface area contributed by atoms with Gasteiger partial charge in [-0.05, 0) is 30.7 Å². The molecule has 0 unspecified atom stereocenters. The first-order chi connectivity index (χ1) is 11.9. The van der Waals surface area contributed by atoms with Crippen LogP contribution in [0.3, 0.4) is 0 Å². The van der Waals surface area contributed by atoms with Crippen LogP contribution in [0.15, 0.2) is 29.5 Å². The summed E-state index contributed by atoms with van der Waals surface area (Å²) in [4.78, 5) is 37.5. The van der Waals surface area contributed by atoms with E-state index in [4.69, 9.17) is 9.84 Å². The minimum Gasteiger partial charge on any atom is -0.466 e. The molecule has 0 aromatic heterocycles. The number of benzene rings is 1.